The molecule has 3 aliphatic rings. The number of allylic oxidation sites excluding steroid dienone is 2. The van der Waals surface area contributed by atoms with Gasteiger partial charge in [-0.3, -0.25) is 0 Å². The van der Waals surface area contributed by atoms with Crippen LogP contribution in [0.4, 0.5) is 0 Å². The Labute approximate surface area is 447 Å². The normalized spacial score (nSPS) is 15.0. The molecule has 0 bridgehead atoms. The molecule has 1 unspecified atom stereocenters. The minimum absolute atomic E-state index is 0.282. The van der Waals surface area contributed by atoms with Crippen molar-refractivity contribution < 1.29 is 0 Å². The molecule has 0 saturated carbocycles. The average Bonchev–Trinajstić information content (AvgIpc) is 3.90. The zero-order chi connectivity index (χ0) is 49.8. The lowest BCUT2D eigenvalue weighted by Gasteiger charge is -2.29. The molecule has 16 aromatic rings. The quantitative estimate of drug-likeness (QED) is 0.154. The van der Waals surface area contributed by atoms with Crippen molar-refractivity contribution in [1.82, 2.24) is 0 Å². The van der Waals surface area contributed by atoms with Crippen molar-refractivity contribution in [2.45, 2.75) is 25.2 Å². The van der Waals surface area contributed by atoms with Gasteiger partial charge in [0.1, 0.15) is 0 Å². The molecule has 3 aliphatic carbocycles. The number of rotatable bonds is 4. The molecule has 1 aromatic heterocycles. The zero-order valence-electron chi connectivity index (χ0n) is 42.0. The number of thiophene rings is 1. The number of fused-ring (bicyclic) bond motifs is 3. The van der Waals surface area contributed by atoms with Crippen LogP contribution < -0.4 is 10.4 Å². The smallest absolute Gasteiger partial charge is 0.0355 e. The topological polar surface area (TPSA) is 0 Å². The van der Waals surface area contributed by atoms with E-state index in [0.717, 1.165) is 19.3 Å². The molecule has 1 heteroatoms. The summed E-state index contributed by atoms with van der Waals surface area (Å²) in [5.41, 5.74) is 15.1. The minimum Gasteiger partial charge on any atom is -0.135 e. The molecule has 1 atom stereocenters. The van der Waals surface area contributed by atoms with E-state index in [1.54, 1.807) is 0 Å². The summed E-state index contributed by atoms with van der Waals surface area (Å²) in [6, 6.07) is 79.9. The Hall–Kier alpha value is -9.14. The Balaban J connectivity index is 0.734. The van der Waals surface area contributed by atoms with Crippen LogP contribution in [0.25, 0.3) is 168 Å². The summed E-state index contributed by atoms with van der Waals surface area (Å²) in [5.74, 6) is 0.282. The fraction of sp³-hybridized carbons (Fsp3) is 0.0526. The van der Waals surface area contributed by atoms with Crippen LogP contribution in [0.3, 0.4) is 0 Å². The highest BCUT2D eigenvalue weighted by Crippen LogP contribution is 2.49. The van der Waals surface area contributed by atoms with Gasteiger partial charge in [-0.25, -0.2) is 0 Å². The van der Waals surface area contributed by atoms with E-state index >= 15 is 0 Å². The molecular formula is C76H44S. The summed E-state index contributed by atoms with van der Waals surface area (Å²) in [5, 5.41) is 29.7. The van der Waals surface area contributed by atoms with E-state index in [1.807, 2.05) is 11.3 Å². The van der Waals surface area contributed by atoms with Crippen LogP contribution in [0, 0.1) is 0 Å². The van der Waals surface area contributed by atoms with Crippen molar-refractivity contribution in [3.63, 3.8) is 0 Å². The molecule has 354 valence electrons. The maximum absolute atomic E-state index is 2.51. The van der Waals surface area contributed by atoms with Crippen LogP contribution in [-0.4, -0.2) is 0 Å². The van der Waals surface area contributed by atoms with Crippen molar-refractivity contribution in [1.29, 1.82) is 0 Å². The highest BCUT2D eigenvalue weighted by molar-refractivity contribution is 7.25. The standard InChI is InChI=1S/C76H44S/c1-3-41-7-9-45-13-27-55(61-33-17-43(5-1)69(41)71(45)61)57-29-15-49-19-31-59-53(25-11-47-21-35-63(57)75(49)73(47)59)51-23-37-67-65(39-51)66-40-52(24-38-68(66)77-67)54-26-12-48-22-36-64-58(30-16-50-20-32-60(54)74(48)76(50)64)56-28-14-46-10-8-42-4-2-6-44-18-34-62(56)72(46)70(42)44/h1-17,19-33,36-40,63H,18,34-35H2. The first kappa shape index (κ1) is 41.1. The summed E-state index contributed by atoms with van der Waals surface area (Å²) < 4.78 is 2.65. The predicted octanol–water partition coefficient (Wildman–Crippen LogP) is 19.6. The molecule has 1 heterocycles. The fourth-order valence-electron chi connectivity index (χ4n) is 15.4. The first-order valence-electron chi connectivity index (χ1n) is 27.4. The van der Waals surface area contributed by atoms with Crippen LogP contribution in [0.1, 0.15) is 34.6 Å². The zero-order valence-corrected chi connectivity index (χ0v) is 42.8. The first-order valence-corrected chi connectivity index (χ1v) is 28.3. The van der Waals surface area contributed by atoms with E-state index in [0.29, 0.717) is 0 Å². The van der Waals surface area contributed by atoms with Gasteiger partial charge in [-0.05, 0) is 212 Å². The third-order valence-electron chi connectivity index (χ3n) is 18.8. The lowest BCUT2D eigenvalue weighted by Crippen LogP contribution is -2.25. The van der Waals surface area contributed by atoms with Crippen molar-refractivity contribution in [3.8, 4) is 33.4 Å². The maximum atomic E-state index is 2.51. The summed E-state index contributed by atoms with van der Waals surface area (Å²) in [4.78, 5) is 0. The predicted molar refractivity (Wildman–Crippen MR) is 333 cm³/mol. The van der Waals surface area contributed by atoms with E-state index in [-0.39, 0.29) is 5.92 Å². The van der Waals surface area contributed by atoms with Crippen LogP contribution in [0.15, 0.2) is 212 Å². The molecule has 19 rings (SSSR count). The number of aryl methyl sites for hydroxylation is 2. The SMILES string of the molecule is C1=C(c2ccc3ccc4cccc5ccc2c3c45)C2CC=c3ccc(-c4ccc5sc6ccc(-c7ccc8ccc9c(-c%10ccc%11ccc%12cccc%13c%12c%11c%10CC%13)ccc%10ccc7c8c%109)cc6c5c4)c4ccc(c2c34)=C1. The molecule has 0 aliphatic heterocycles. The van der Waals surface area contributed by atoms with Gasteiger partial charge in [-0.15, -0.1) is 11.3 Å². The second kappa shape index (κ2) is 14.8. The van der Waals surface area contributed by atoms with Crippen molar-refractivity contribution in [2.24, 2.45) is 0 Å². The third-order valence-corrected chi connectivity index (χ3v) is 19.9. The molecule has 0 amide bonds. The van der Waals surface area contributed by atoms with Gasteiger partial charge in [-0.2, -0.15) is 0 Å². The molecule has 15 aromatic carbocycles. The van der Waals surface area contributed by atoms with E-state index in [1.165, 1.54) is 189 Å². The van der Waals surface area contributed by atoms with Gasteiger partial charge < -0.3 is 0 Å². The van der Waals surface area contributed by atoms with Crippen molar-refractivity contribution in [2.75, 3.05) is 0 Å². The second-order valence-corrected chi connectivity index (χ2v) is 23.5. The van der Waals surface area contributed by atoms with Gasteiger partial charge in [-0.1, -0.05) is 200 Å². The van der Waals surface area contributed by atoms with Gasteiger partial charge in [0.2, 0.25) is 0 Å². The molecule has 0 N–H and O–H groups in total. The van der Waals surface area contributed by atoms with Crippen LogP contribution in [0.2, 0.25) is 0 Å². The Bertz CT molecular complexity index is 5530. The third kappa shape index (κ3) is 5.47. The number of benzene rings is 15. The van der Waals surface area contributed by atoms with E-state index in [2.05, 4.69) is 224 Å². The van der Waals surface area contributed by atoms with Gasteiger partial charge in [0.05, 0.1) is 0 Å². The van der Waals surface area contributed by atoms with Crippen molar-refractivity contribution in [3.05, 3.63) is 245 Å². The molecule has 0 fully saturated rings. The Morgan fingerprint density at radius 1 is 0.325 bits per heavy atom. The highest BCUT2D eigenvalue weighted by atomic mass is 32.1. The van der Waals surface area contributed by atoms with Crippen molar-refractivity contribution >= 4 is 146 Å². The molecule has 0 nitrogen and oxygen atoms in total. The van der Waals surface area contributed by atoms with Gasteiger partial charge in [0, 0.05) is 26.1 Å². The Morgan fingerprint density at radius 2 is 0.818 bits per heavy atom. The Kier molecular flexibility index (Phi) is 7.92. The van der Waals surface area contributed by atoms with E-state index in [4.69, 9.17) is 0 Å². The number of hydrogen-bond acceptors (Lipinski definition) is 1. The maximum Gasteiger partial charge on any atom is 0.0355 e. The van der Waals surface area contributed by atoms with Gasteiger partial charge >= 0.3 is 0 Å². The lowest BCUT2D eigenvalue weighted by atomic mass is 9.74. The summed E-state index contributed by atoms with van der Waals surface area (Å²) >= 11 is 1.91. The van der Waals surface area contributed by atoms with Crippen LogP contribution in [-0.2, 0) is 12.8 Å². The fourth-order valence-corrected chi connectivity index (χ4v) is 16.5. The minimum atomic E-state index is 0.282. The molecule has 0 saturated heterocycles. The van der Waals surface area contributed by atoms with Crippen LogP contribution in [0.5, 0.6) is 0 Å². The second-order valence-electron chi connectivity index (χ2n) is 22.4. The lowest BCUT2D eigenvalue weighted by molar-refractivity contribution is 0.899. The molecule has 0 spiro atoms. The number of hydrogen-bond donors (Lipinski definition) is 0. The summed E-state index contributed by atoms with van der Waals surface area (Å²) in [7, 11) is 0. The highest BCUT2D eigenvalue weighted by Gasteiger charge is 2.29. The largest absolute Gasteiger partial charge is 0.135 e. The first-order chi connectivity index (χ1) is 38.1. The monoisotopic (exact) mass is 988 g/mol. The van der Waals surface area contributed by atoms with E-state index in [9.17, 15) is 0 Å². The Morgan fingerprint density at radius 3 is 1.52 bits per heavy atom. The van der Waals surface area contributed by atoms with E-state index < -0.39 is 0 Å². The summed E-state index contributed by atoms with van der Waals surface area (Å²) in [6.07, 6.45) is 10.4. The molecule has 77 heavy (non-hydrogen) atoms. The van der Waals surface area contributed by atoms with Gasteiger partial charge in [0.25, 0.3) is 0 Å². The average molecular weight is 989 g/mol. The molecular weight excluding hydrogens is 945 g/mol. The summed E-state index contributed by atoms with van der Waals surface area (Å²) in [6.45, 7) is 0. The van der Waals surface area contributed by atoms with Gasteiger partial charge in [0.15, 0.2) is 0 Å². The molecule has 0 radical (unpaired) electrons. The van der Waals surface area contributed by atoms with Crippen LogP contribution >= 0.6 is 11.3 Å².